The van der Waals surface area contributed by atoms with E-state index in [1.165, 1.54) is 0 Å². The van der Waals surface area contributed by atoms with Crippen LogP contribution in [0.4, 0.5) is 5.69 Å². The summed E-state index contributed by atoms with van der Waals surface area (Å²) in [7, 11) is 0. The number of hydrogen-bond donors (Lipinski definition) is 2. The number of nitrogens with one attached hydrogen (secondary N) is 1. The highest BCUT2D eigenvalue weighted by atomic mass is 79.9. The summed E-state index contributed by atoms with van der Waals surface area (Å²) in [4.78, 5) is 59.4. The number of nitrogens with zero attached hydrogens (tertiary/aromatic N) is 2. The lowest BCUT2D eigenvalue weighted by Crippen LogP contribution is -2.57. The second-order valence-electron chi connectivity index (χ2n) is 13.5. The molecule has 2 N–H and O–H groups in total. The molecule has 3 amide bonds. The van der Waals surface area contributed by atoms with E-state index in [4.69, 9.17) is 9.47 Å². The number of aliphatic hydroxyl groups excluding tert-OH is 1. The van der Waals surface area contributed by atoms with E-state index in [0.29, 0.717) is 32.1 Å². The Balaban J connectivity index is 1.49. The number of aryl methyl sites for hydroxylation is 2. The summed E-state index contributed by atoms with van der Waals surface area (Å²) in [6.07, 6.45) is 5.51. The Kier molecular flexibility index (Phi) is 12.3. The predicted molar refractivity (Wildman–Crippen MR) is 195 cm³/mol. The van der Waals surface area contributed by atoms with E-state index >= 15 is 0 Å². The molecule has 0 aromatic heterocycles. The Bertz CT molecular complexity index is 1580. The summed E-state index contributed by atoms with van der Waals surface area (Å²) < 4.78 is 12.3. The van der Waals surface area contributed by atoms with Gasteiger partial charge >= 0.3 is 5.97 Å². The van der Waals surface area contributed by atoms with Gasteiger partial charge in [0.2, 0.25) is 11.8 Å². The average molecular weight is 751 g/mol. The van der Waals surface area contributed by atoms with Gasteiger partial charge in [-0.25, -0.2) is 0 Å². The molecule has 0 aliphatic carbocycles. The Morgan fingerprint density at radius 3 is 2.60 bits per heavy atom. The number of carbonyl (C=O) groups excluding carboxylic acids is 4. The molecular formula is C39H48BrN3O7. The first-order valence-corrected chi connectivity index (χ1v) is 18.3. The minimum atomic E-state index is -1.25. The lowest BCUT2D eigenvalue weighted by molar-refractivity contribution is -0.145. The van der Waals surface area contributed by atoms with Gasteiger partial charge in [0, 0.05) is 36.6 Å². The fourth-order valence-electron chi connectivity index (χ4n) is 7.76. The molecule has 3 heterocycles. The van der Waals surface area contributed by atoms with Crippen LogP contribution in [0.1, 0.15) is 61.3 Å². The van der Waals surface area contributed by atoms with E-state index in [2.05, 4.69) is 34.4 Å². The van der Waals surface area contributed by atoms with Crippen LogP contribution in [-0.4, -0.2) is 82.6 Å². The first-order valence-electron chi connectivity index (χ1n) is 17.4. The van der Waals surface area contributed by atoms with Crippen molar-refractivity contribution in [2.24, 2.45) is 11.8 Å². The Labute approximate surface area is 303 Å². The molecule has 5 rings (SSSR count). The molecule has 3 aliphatic rings. The van der Waals surface area contributed by atoms with Crippen LogP contribution in [0.5, 0.6) is 0 Å². The number of halogens is 1. The molecule has 11 heteroatoms. The smallest absolute Gasteiger partial charge is 0.306 e. The largest absolute Gasteiger partial charge is 0.463 e. The number of allylic oxidation sites excluding steroid dienone is 1. The van der Waals surface area contributed by atoms with E-state index in [-0.39, 0.29) is 49.4 Å². The van der Waals surface area contributed by atoms with Crippen molar-refractivity contribution in [2.45, 2.75) is 81.0 Å². The molecule has 0 saturated carbocycles. The number of esters is 1. The summed E-state index contributed by atoms with van der Waals surface area (Å²) in [5.41, 5.74) is 2.12. The van der Waals surface area contributed by atoms with Crippen molar-refractivity contribution in [3.05, 3.63) is 90.5 Å². The van der Waals surface area contributed by atoms with Gasteiger partial charge in [0.15, 0.2) is 0 Å². The number of ether oxygens (including phenoxy) is 2. The van der Waals surface area contributed by atoms with Gasteiger partial charge in [-0.05, 0) is 68.7 Å². The van der Waals surface area contributed by atoms with Crippen molar-refractivity contribution in [3.8, 4) is 0 Å². The quantitative estimate of drug-likeness (QED) is 0.0999. The maximum atomic E-state index is 14.9. The van der Waals surface area contributed by atoms with Crippen molar-refractivity contribution in [1.82, 2.24) is 10.2 Å². The van der Waals surface area contributed by atoms with Crippen LogP contribution in [0, 0.1) is 25.7 Å². The van der Waals surface area contributed by atoms with E-state index in [9.17, 15) is 24.3 Å². The highest BCUT2D eigenvalue weighted by Gasteiger charge is 2.76. The molecule has 10 nitrogen and oxygen atoms in total. The Morgan fingerprint density at radius 2 is 1.90 bits per heavy atom. The number of carbonyl (C=O) groups is 4. The summed E-state index contributed by atoms with van der Waals surface area (Å²) in [6, 6.07) is 13.5. The highest BCUT2D eigenvalue weighted by Crippen LogP contribution is 2.60. The Hall–Kier alpha value is -3.80. The van der Waals surface area contributed by atoms with Crippen LogP contribution in [0.3, 0.4) is 0 Å². The molecular weight excluding hydrogens is 702 g/mol. The van der Waals surface area contributed by atoms with Gasteiger partial charge in [-0.2, -0.15) is 0 Å². The third kappa shape index (κ3) is 7.45. The van der Waals surface area contributed by atoms with Crippen LogP contribution in [0.15, 0.2) is 73.8 Å². The monoisotopic (exact) mass is 749 g/mol. The number of rotatable bonds is 17. The molecule has 3 fully saturated rings. The summed E-state index contributed by atoms with van der Waals surface area (Å²) >= 11 is 3.76. The third-order valence-electron chi connectivity index (χ3n) is 10.1. The number of unbranched alkanes of at least 4 members (excludes halogenated alkanes) is 2. The van der Waals surface area contributed by atoms with Gasteiger partial charge in [-0.15, -0.1) is 13.2 Å². The molecule has 7 atom stereocenters. The number of benzene rings is 2. The Morgan fingerprint density at radius 1 is 1.14 bits per heavy atom. The van der Waals surface area contributed by atoms with Crippen molar-refractivity contribution < 1.29 is 33.8 Å². The fourth-order valence-corrected chi connectivity index (χ4v) is 8.70. The van der Waals surface area contributed by atoms with E-state index in [1.54, 1.807) is 22.0 Å². The topological polar surface area (TPSA) is 125 Å². The first kappa shape index (κ1) is 37.5. The second kappa shape index (κ2) is 16.5. The van der Waals surface area contributed by atoms with Crippen LogP contribution in [0.25, 0.3) is 0 Å². The molecule has 2 bridgehead atoms. The van der Waals surface area contributed by atoms with Gasteiger partial charge < -0.3 is 29.7 Å². The van der Waals surface area contributed by atoms with Crippen molar-refractivity contribution in [1.29, 1.82) is 0 Å². The number of fused-ring (bicyclic) bond motifs is 1. The van der Waals surface area contributed by atoms with Crippen LogP contribution >= 0.6 is 15.9 Å². The zero-order valence-corrected chi connectivity index (χ0v) is 30.5. The number of likely N-dealkylation sites (tertiary alicyclic amines) is 1. The molecule has 50 heavy (non-hydrogen) atoms. The minimum Gasteiger partial charge on any atom is -0.463 e. The van der Waals surface area contributed by atoms with Gasteiger partial charge in [0.05, 0.1) is 24.0 Å². The van der Waals surface area contributed by atoms with Gasteiger partial charge in [0.25, 0.3) is 5.91 Å². The van der Waals surface area contributed by atoms with E-state index in [0.717, 1.165) is 22.4 Å². The number of aliphatic hydroxyl groups is 1. The third-order valence-corrected chi connectivity index (χ3v) is 10.9. The lowest BCUT2D eigenvalue weighted by Gasteiger charge is -2.37. The average Bonchev–Trinajstić information content (AvgIpc) is 3.70. The number of amides is 3. The van der Waals surface area contributed by atoms with Crippen LogP contribution in [-0.2, 0) is 28.7 Å². The molecule has 2 aromatic carbocycles. The van der Waals surface area contributed by atoms with Crippen LogP contribution < -0.4 is 10.2 Å². The van der Waals surface area contributed by atoms with E-state index in [1.807, 2.05) is 62.4 Å². The van der Waals surface area contributed by atoms with Crippen LogP contribution in [0.2, 0.25) is 0 Å². The summed E-state index contributed by atoms with van der Waals surface area (Å²) in [6.45, 7) is 11.9. The SMILES string of the molecule is C=CCCC(=O)OC[C@@H](NC(=O)[C@@H]1[C@H]2O[C@@]3(CC2Br)[C@H](C(=O)N(CC=C)c2cc(C)ccc2C)N(CCCCCO)C(=O)[C@@H]13)c1ccccc1. The summed E-state index contributed by atoms with van der Waals surface area (Å²) in [5.74, 6) is -3.17. The molecule has 2 aromatic rings. The normalized spacial score (nSPS) is 25.6. The van der Waals surface area contributed by atoms with Crippen molar-refractivity contribution in [2.75, 3.05) is 31.2 Å². The minimum absolute atomic E-state index is 0.0348. The molecule has 3 saturated heterocycles. The number of alkyl halides is 1. The molecule has 1 unspecified atom stereocenters. The van der Waals surface area contributed by atoms with Crippen molar-refractivity contribution >= 4 is 45.3 Å². The van der Waals surface area contributed by atoms with Gasteiger partial charge in [0.1, 0.15) is 18.2 Å². The summed E-state index contributed by atoms with van der Waals surface area (Å²) in [5, 5.41) is 12.5. The number of hydrogen-bond acceptors (Lipinski definition) is 7. The predicted octanol–water partition coefficient (Wildman–Crippen LogP) is 5.10. The van der Waals surface area contributed by atoms with Crippen molar-refractivity contribution in [3.63, 3.8) is 0 Å². The standard InChI is InChI=1S/C39H48BrN3O7/c1-5-7-16-31(45)49-24-29(27-14-10-8-11-15-27)41-36(46)32-33-37(47)43(20-12-9-13-21-44)35(39(33)23-28(40)34(32)50-39)38(48)42(19-6-2)30-22-25(3)17-18-26(30)4/h5-6,8,10-11,14-15,17-18,22,28-29,32-35,44H,1-2,7,9,12-13,16,19-21,23-24H2,3-4H3,(H,41,46)/t28?,29-,32+,33-,34+,35+,39-/m1/s1. The zero-order chi connectivity index (χ0) is 36.0. The van der Waals surface area contributed by atoms with Gasteiger partial charge in [-0.1, -0.05) is 70.5 Å². The zero-order valence-electron chi connectivity index (χ0n) is 28.9. The van der Waals surface area contributed by atoms with E-state index < -0.39 is 47.5 Å². The maximum absolute atomic E-state index is 14.9. The highest BCUT2D eigenvalue weighted by molar-refractivity contribution is 9.09. The molecule has 0 radical (unpaired) electrons. The second-order valence-corrected chi connectivity index (χ2v) is 14.7. The first-order chi connectivity index (χ1) is 24.1. The molecule has 268 valence electrons. The maximum Gasteiger partial charge on any atom is 0.306 e. The lowest BCUT2D eigenvalue weighted by atomic mass is 9.70. The molecule has 3 aliphatic heterocycles. The molecule has 1 spiro atoms. The van der Waals surface area contributed by atoms with Gasteiger partial charge in [-0.3, -0.25) is 19.2 Å². The fraction of sp³-hybridized carbons (Fsp3) is 0.487. The number of anilines is 1.